The van der Waals surface area contributed by atoms with Crippen LogP contribution in [0, 0.1) is 27.7 Å². The van der Waals surface area contributed by atoms with Gasteiger partial charge in [0.15, 0.2) is 0 Å². The number of anilines is 1. The Bertz CT molecular complexity index is 1330. The normalized spacial score (nSPS) is 11.6. The quantitative estimate of drug-likeness (QED) is 0.363. The minimum absolute atomic E-state index is 0.0565. The Labute approximate surface area is 215 Å². The molecule has 0 aliphatic rings. The number of hydrogen-bond acceptors (Lipinski definition) is 3. The number of halogens is 3. The maximum absolute atomic E-state index is 13.8. The number of nitrogens with zero attached hydrogens (tertiary/aromatic N) is 1. The van der Waals surface area contributed by atoms with Crippen molar-refractivity contribution < 1.29 is 13.2 Å². The standard InChI is InChI=1S/C25H25Cl3N2O3S/c1-15-9-17(3)25(18(4)10-15)34(32,33)30(13-19-5-7-21(27)22(28)12-19)14-24(31)29-23-8-6-20(26)11-16(23)2/h5-12H,13-14H2,1-4H3,(H,29,31). The van der Waals surface area contributed by atoms with Crippen LogP contribution >= 0.6 is 34.8 Å². The molecule has 1 N–H and O–H groups in total. The zero-order valence-corrected chi connectivity index (χ0v) is 22.3. The SMILES string of the molecule is Cc1cc(C)c(S(=O)(=O)N(CC(=O)Nc2ccc(Cl)cc2C)Cc2ccc(Cl)c(Cl)c2)c(C)c1. The Morgan fingerprint density at radius 3 is 2.09 bits per heavy atom. The van der Waals surface area contributed by atoms with E-state index in [1.165, 1.54) is 0 Å². The first kappa shape index (κ1) is 26.5. The molecule has 0 aliphatic heterocycles. The number of carbonyl (C=O) groups is 1. The molecule has 34 heavy (non-hydrogen) atoms. The van der Waals surface area contributed by atoms with Gasteiger partial charge in [-0.1, -0.05) is 58.6 Å². The van der Waals surface area contributed by atoms with Gasteiger partial charge in [0.1, 0.15) is 0 Å². The van der Waals surface area contributed by atoms with Crippen LogP contribution < -0.4 is 5.32 Å². The van der Waals surface area contributed by atoms with Crippen LogP contribution in [0.4, 0.5) is 5.69 Å². The lowest BCUT2D eigenvalue weighted by atomic mass is 10.1. The number of nitrogens with one attached hydrogen (secondary N) is 1. The largest absolute Gasteiger partial charge is 0.325 e. The molecule has 0 atom stereocenters. The van der Waals surface area contributed by atoms with Crippen molar-refractivity contribution in [2.75, 3.05) is 11.9 Å². The van der Waals surface area contributed by atoms with Crippen molar-refractivity contribution in [1.29, 1.82) is 0 Å². The molecule has 0 saturated heterocycles. The number of aryl methyl sites for hydroxylation is 4. The second kappa shape index (κ2) is 10.7. The first-order valence-corrected chi connectivity index (χ1v) is 13.0. The molecule has 3 aromatic rings. The van der Waals surface area contributed by atoms with E-state index in [2.05, 4.69) is 5.32 Å². The predicted octanol–water partition coefficient (Wildman–Crippen LogP) is 6.71. The van der Waals surface area contributed by atoms with Crippen molar-refractivity contribution in [3.8, 4) is 0 Å². The van der Waals surface area contributed by atoms with Crippen LogP contribution in [-0.4, -0.2) is 25.2 Å². The third kappa shape index (κ3) is 6.12. The molecule has 3 rings (SSSR count). The zero-order valence-electron chi connectivity index (χ0n) is 19.2. The summed E-state index contributed by atoms with van der Waals surface area (Å²) in [6.07, 6.45) is 0. The van der Waals surface area contributed by atoms with Crippen molar-refractivity contribution in [3.05, 3.63) is 91.4 Å². The summed E-state index contributed by atoms with van der Waals surface area (Å²) in [6, 6.07) is 13.6. The fourth-order valence-corrected chi connectivity index (χ4v) is 6.23. The van der Waals surface area contributed by atoms with Crippen LogP contribution in [0.3, 0.4) is 0 Å². The Morgan fingerprint density at radius 1 is 0.853 bits per heavy atom. The number of carbonyl (C=O) groups excluding carboxylic acids is 1. The van der Waals surface area contributed by atoms with Gasteiger partial charge in [0.25, 0.3) is 0 Å². The highest BCUT2D eigenvalue weighted by Crippen LogP contribution is 2.29. The average molecular weight is 540 g/mol. The molecule has 0 unspecified atom stereocenters. The van der Waals surface area contributed by atoms with Gasteiger partial charge in [0.2, 0.25) is 15.9 Å². The lowest BCUT2D eigenvalue weighted by molar-refractivity contribution is -0.116. The molecule has 0 bridgehead atoms. The Kier molecular flexibility index (Phi) is 8.32. The summed E-state index contributed by atoms with van der Waals surface area (Å²) < 4.78 is 28.8. The summed E-state index contributed by atoms with van der Waals surface area (Å²) in [7, 11) is -4.03. The van der Waals surface area contributed by atoms with Crippen LogP contribution in [0.15, 0.2) is 53.4 Å². The van der Waals surface area contributed by atoms with Crippen molar-refractivity contribution in [2.24, 2.45) is 0 Å². The number of sulfonamides is 1. The maximum atomic E-state index is 13.8. The molecular formula is C25H25Cl3N2O3S. The molecule has 9 heteroatoms. The fourth-order valence-electron chi connectivity index (χ4n) is 3.89. The molecule has 0 fully saturated rings. The molecule has 5 nitrogen and oxygen atoms in total. The lowest BCUT2D eigenvalue weighted by Gasteiger charge is -2.24. The summed E-state index contributed by atoms with van der Waals surface area (Å²) >= 11 is 18.2. The topological polar surface area (TPSA) is 66.5 Å². The van der Waals surface area contributed by atoms with Crippen LogP contribution in [0.2, 0.25) is 15.1 Å². The summed E-state index contributed by atoms with van der Waals surface area (Å²) in [5, 5.41) is 4.00. The van der Waals surface area contributed by atoms with Crippen molar-refractivity contribution >= 4 is 56.4 Å². The van der Waals surface area contributed by atoms with Gasteiger partial charge < -0.3 is 5.32 Å². The van der Waals surface area contributed by atoms with Gasteiger partial charge in [0.05, 0.1) is 21.5 Å². The molecule has 0 radical (unpaired) electrons. The van der Waals surface area contributed by atoms with Crippen LogP contribution in [0.1, 0.15) is 27.8 Å². The summed E-state index contributed by atoms with van der Waals surface area (Å²) in [4.78, 5) is 13.2. The highest BCUT2D eigenvalue weighted by Gasteiger charge is 2.30. The van der Waals surface area contributed by atoms with E-state index < -0.39 is 22.5 Å². The summed E-state index contributed by atoms with van der Waals surface area (Å²) in [5.74, 6) is -0.475. The number of amides is 1. The van der Waals surface area contributed by atoms with Gasteiger partial charge in [-0.15, -0.1) is 0 Å². The molecule has 0 aliphatic carbocycles. The average Bonchev–Trinajstić information content (AvgIpc) is 2.71. The Balaban J connectivity index is 1.99. The van der Waals surface area contributed by atoms with E-state index in [-0.39, 0.29) is 11.4 Å². The Morgan fingerprint density at radius 2 is 1.50 bits per heavy atom. The molecular weight excluding hydrogens is 515 g/mol. The minimum atomic E-state index is -4.03. The highest BCUT2D eigenvalue weighted by molar-refractivity contribution is 7.89. The van der Waals surface area contributed by atoms with Gasteiger partial charge in [-0.05, 0) is 80.3 Å². The first-order valence-electron chi connectivity index (χ1n) is 10.5. The molecule has 0 saturated carbocycles. The van der Waals surface area contributed by atoms with E-state index in [0.29, 0.717) is 37.4 Å². The maximum Gasteiger partial charge on any atom is 0.244 e. The number of benzene rings is 3. The third-order valence-electron chi connectivity index (χ3n) is 5.33. The number of hydrogen-bond donors (Lipinski definition) is 1. The van der Waals surface area contributed by atoms with E-state index in [9.17, 15) is 13.2 Å². The van der Waals surface area contributed by atoms with Gasteiger partial charge in [0, 0.05) is 17.3 Å². The zero-order chi connectivity index (χ0) is 25.2. The highest BCUT2D eigenvalue weighted by atomic mass is 35.5. The molecule has 0 aromatic heterocycles. The van der Waals surface area contributed by atoms with Crippen molar-refractivity contribution in [3.63, 3.8) is 0 Å². The molecule has 0 heterocycles. The van der Waals surface area contributed by atoms with E-state index in [4.69, 9.17) is 34.8 Å². The second-order valence-electron chi connectivity index (χ2n) is 8.26. The molecule has 3 aromatic carbocycles. The third-order valence-corrected chi connectivity index (χ3v) is 8.40. The fraction of sp³-hybridized carbons (Fsp3) is 0.240. The predicted molar refractivity (Wildman–Crippen MR) is 140 cm³/mol. The van der Waals surface area contributed by atoms with Crippen LogP contribution in [0.5, 0.6) is 0 Å². The van der Waals surface area contributed by atoms with E-state index in [1.807, 2.05) is 26.0 Å². The Hall–Kier alpha value is -2.09. The minimum Gasteiger partial charge on any atom is -0.325 e. The first-order chi connectivity index (χ1) is 15.9. The van der Waals surface area contributed by atoms with Gasteiger partial charge >= 0.3 is 0 Å². The van der Waals surface area contributed by atoms with Crippen LogP contribution in [-0.2, 0) is 21.4 Å². The molecule has 0 spiro atoms. The van der Waals surface area contributed by atoms with E-state index >= 15 is 0 Å². The smallest absolute Gasteiger partial charge is 0.244 e. The van der Waals surface area contributed by atoms with Gasteiger partial charge in [-0.25, -0.2) is 8.42 Å². The number of rotatable bonds is 7. The van der Waals surface area contributed by atoms with E-state index in [0.717, 1.165) is 15.4 Å². The van der Waals surface area contributed by atoms with Crippen molar-refractivity contribution in [1.82, 2.24) is 4.31 Å². The van der Waals surface area contributed by atoms with Gasteiger partial charge in [-0.2, -0.15) is 4.31 Å². The van der Waals surface area contributed by atoms with E-state index in [1.54, 1.807) is 50.2 Å². The summed E-state index contributed by atoms with van der Waals surface area (Å²) in [6.45, 7) is 6.77. The second-order valence-corrected chi connectivity index (χ2v) is 11.4. The summed E-state index contributed by atoms with van der Waals surface area (Å²) in [5.41, 5.74) is 4.13. The molecule has 180 valence electrons. The van der Waals surface area contributed by atoms with Crippen LogP contribution in [0.25, 0.3) is 0 Å². The van der Waals surface area contributed by atoms with Crippen molar-refractivity contribution in [2.45, 2.75) is 39.1 Å². The lowest BCUT2D eigenvalue weighted by Crippen LogP contribution is -2.38. The monoisotopic (exact) mass is 538 g/mol. The van der Waals surface area contributed by atoms with Gasteiger partial charge in [-0.3, -0.25) is 4.79 Å². The molecule has 1 amide bonds.